The van der Waals surface area contributed by atoms with Crippen LogP contribution in [0.2, 0.25) is 5.02 Å². The third kappa shape index (κ3) is 5.66. The number of carbonyl (C=O) groups excluding carboxylic acids is 1. The summed E-state index contributed by atoms with van der Waals surface area (Å²) in [6.45, 7) is 0. The predicted octanol–water partition coefficient (Wildman–Crippen LogP) is 4.79. The van der Waals surface area contributed by atoms with Gasteiger partial charge in [0.2, 0.25) is 0 Å². The van der Waals surface area contributed by atoms with Crippen LogP contribution >= 0.6 is 11.6 Å². The molecule has 0 unspecified atom stereocenters. The molecule has 1 N–H and O–H groups in total. The van der Waals surface area contributed by atoms with E-state index in [0.29, 0.717) is 5.75 Å². The molecule has 0 heterocycles. The van der Waals surface area contributed by atoms with Crippen molar-refractivity contribution >= 4 is 29.3 Å². The number of benzene rings is 2. The molecule has 0 spiro atoms. The second-order valence-electron chi connectivity index (χ2n) is 5.06. The van der Waals surface area contributed by atoms with Gasteiger partial charge in [-0.05, 0) is 30.3 Å². The Morgan fingerprint density at radius 3 is 2.52 bits per heavy atom. The fourth-order valence-electron chi connectivity index (χ4n) is 2.06. The normalized spacial score (nSPS) is 11.5. The number of nitriles is 1. The molecule has 2 aromatic rings. The first-order chi connectivity index (χ1) is 12.7. The van der Waals surface area contributed by atoms with E-state index in [1.165, 1.54) is 43.5 Å². The summed E-state index contributed by atoms with van der Waals surface area (Å²) in [6.07, 6.45) is -3.90. The number of nitrogens with zero attached hydrogens (tertiary/aromatic N) is 1. The van der Waals surface area contributed by atoms with Crippen LogP contribution in [-0.2, 0) is 4.79 Å². The SMILES string of the molecule is COc1ccc(NC(=O)/C(C#N)=C/c2ccccc2OC(F)(F)F)cc1Cl. The van der Waals surface area contributed by atoms with E-state index in [2.05, 4.69) is 10.1 Å². The van der Waals surface area contributed by atoms with Crippen LogP contribution in [0.3, 0.4) is 0 Å². The Bertz CT molecular complexity index is 921. The largest absolute Gasteiger partial charge is 0.573 e. The first-order valence-corrected chi connectivity index (χ1v) is 7.72. The number of carbonyl (C=O) groups is 1. The maximum absolute atomic E-state index is 12.5. The van der Waals surface area contributed by atoms with Crippen LogP contribution in [0.25, 0.3) is 6.08 Å². The highest BCUT2D eigenvalue weighted by Gasteiger charge is 2.31. The number of rotatable bonds is 5. The zero-order valence-electron chi connectivity index (χ0n) is 13.8. The second-order valence-corrected chi connectivity index (χ2v) is 5.47. The van der Waals surface area contributed by atoms with Crippen molar-refractivity contribution in [3.8, 4) is 17.6 Å². The summed E-state index contributed by atoms with van der Waals surface area (Å²) in [6, 6.07) is 11.2. The lowest BCUT2D eigenvalue weighted by Crippen LogP contribution is -2.18. The zero-order valence-corrected chi connectivity index (χ0v) is 14.6. The molecule has 0 saturated heterocycles. The summed E-state index contributed by atoms with van der Waals surface area (Å²) in [4.78, 5) is 12.3. The fourth-order valence-corrected chi connectivity index (χ4v) is 2.32. The molecule has 9 heteroatoms. The Morgan fingerprint density at radius 1 is 1.22 bits per heavy atom. The summed E-state index contributed by atoms with van der Waals surface area (Å²) in [7, 11) is 1.43. The van der Waals surface area contributed by atoms with Crippen LogP contribution in [0.1, 0.15) is 5.56 Å². The van der Waals surface area contributed by atoms with Crippen molar-refractivity contribution in [3.63, 3.8) is 0 Å². The Hall–Kier alpha value is -3.18. The van der Waals surface area contributed by atoms with Gasteiger partial charge in [0.05, 0.1) is 12.1 Å². The van der Waals surface area contributed by atoms with Crippen LogP contribution in [0.4, 0.5) is 18.9 Å². The monoisotopic (exact) mass is 396 g/mol. The Kier molecular flexibility index (Phi) is 6.32. The van der Waals surface area contributed by atoms with E-state index in [-0.39, 0.29) is 16.3 Å². The van der Waals surface area contributed by atoms with Crippen LogP contribution in [-0.4, -0.2) is 19.4 Å². The molecule has 5 nitrogen and oxygen atoms in total. The number of hydrogen-bond acceptors (Lipinski definition) is 4. The van der Waals surface area contributed by atoms with Crippen LogP contribution in [0, 0.1) is 11.3 Å². The number of amides is 1. The number of para-hydroxylation sites is 1. The van der Waals surface area contributed by atoms with Gasteiger partial charge in [-0.15, -0.1) is 13.2 Å². The molecule has 0 aromatic heterocycles. The van der Waals surface area contributed by atoms with Crippen molar-refractivity contribution in [1.82, 2.24) is 0 Å². The number of nitrogens with one attached hydrogen (secondary N) is 1. The molecule has 27 heavy (non-hydrogen) atoms. The minimum absolute atomic E-state index is 0.0747. The topological polar surface area (TPSA) is 71.3 Å². The zero-order chi connectivity index (χ0) is 20.0. The molecule has 1 amide bonds. The second kappa shape index (κ2) is 8.47. The van der Waals surface area contributed by atoms with Crippen LogP contribution in [0.5, 0.6) is 11.5 Å². The van der Waals surface area contributed by atoms with E-state index in [9.17, 15) is 23.2 Å². The molecule has 140 valence electrons. The third-order valence-corrected chi connectivity index (χ3v) is 3.51. The first kappa shape index (κ1) is 20.1. The summed E-state index contributed by atoms with van der Waals surface area (Å²) in [5, 5.41) is 11.9. The summed E-state index contributed by atoms with van der Waals surface area (Å²) >= 11 is 5.96. The first-order valence-electron chi connectivity index (χ1n) is 7.35. The van der Waals surface area contributed by atoms with Gasteiger partial charge in [-0.1, -0.05) is 29.8 Å². The molecule has 2 rings (SSSR count). The van der Waals surface area contributed by atoms with Crippen molar-refractivity contribution in [2.75, 3.05) is 12.4 Å². The van der Waals surface area contributed by atoms with Gasteiger partial charge in [-0.3, -0.25) is 4.79 Å². The summed E-state index contributed by atoms with van der Waals surface area (Å²) in [5.41, 5.74) is -0.207. The van der Waals surface area contributed by atoms with Gasteiger partial charge in [0.1, 0.15) is 23.1 Å². The van der Waals surface area contributed by atoms with Gasteiger partial charge in [-0.2, -0.15) is 5.26 Å². The molecule has 0 atom stereocenters. The smallest absolute Gasteiger partial charge is 0.495 e. The Morgan fingerprint density at radius 2 is 1.93 bits per heavy atom. The number of alkyl halides is 3. The number of methoxy groups -OCH3 is 1. The lowest BCUT2D eigenvalue weighted by atomic mass is 10.1. The van der Waals surface area contributed by atoms with Crippen LogP contribution in [0.15, 0.2) is 48.0 Å². The van der Waals surface area contributed by atoms with Gasteiger partial charge in [0.15, 0.2) is 0 Å². The molecule has 0 aliphatic carbocycles. The van der Waals surface area contributed by atoms with Gasteiger partial charge in [0, 0.05) is 11.3 Å². The highest BCUT2D eigenvalue weighted by atomic mass is 35.5. The maximum atomic E-state index is 12.5. The van der Waals surface area contributed by atoms with E-state index in [4.69, 9.17) is 16.3 Å². The van der Waals surface area contributed by atoms with Gasteiger partial charge in [-0.25, -0.2) is 0 Å². The molecule has 0 aliphatic heterocycles. The number of hydrogen-bond donors (Lipinski definition) is 1. The lowest BCUT2D eigenvalue weighted by Gasteiger charge is -2.11. The average Bonchev–Trinajstić information content (AvgIpc) is 2.59. The molecule has 0 saturated carbocycles. The van der Waals surface area contributed by atoms with Crippen molar-refractivity contribution < 1.29 is 27.4 Å². The molecule has 0 bridgehead atoms. The molecule has 0 radical (unpaired) electrons. The minimum atomic E-state index is -4.90. The molecule has 0 aliphatic rings. The highest BCUT2D eigenvalue weighted by Crippen LogP contribution is 2.29. The van der Waals surface area contributed by atoms with E-state index < -0.39 is 23.6 Å². The van der Waals surface area contributed by atoms with E-state index >= 15 is 0 Å². The standard InChI is InChI=1S/C18H12ClF3N2O3/c1-26-16-7-6-13(9-14(16)19)24-17(25)12(10-23)8-11-4-2-3-5-15(11)27-18(20,21)22/h2-9H,1H3,(H,24,25)/b12-8+. The minimum Gasteiger partial charge on any atom is -0.495 e. The van der Waals surface area contributed by atoms with E-state index in [1.807, 2.05) is 0 Å². The highest BCUT2D eigenvalue weighted by molar-refractivity contribution is 6.32. The molecule has 0 fully saturated rings. The third-order valence-electron chi connectivity index (χ3n) is 3.22. The van der Waals surface area contributed by atoms with Crippen LogP contribution < -0.4 is 14.8 Å². The Labute approximate surface area is 157 Å². The Balaban J connectivity index is 2.27. The quantitative estimate of drug-likeness (QED) is 0.582. The fraction of sp³-hybridized carbons (Fsp3) is 0.111. The van der Waals surface area contributed by atoms with Crippen molar-refractivity contribution in [2.45, 2.75) is 6.36 Å². The molecular formula is C18H12ClF3N2O3. The van der Waals surface area contributed by atoms with Gasteiger partial charge < -0.3 is 14.8 Å². The molecule has 2 aromatic carbocycles. The maximum Gasteiger partial charge on any atom is 0.573 e. The summed E-state index contributed by atoms with van der Waals surface area (Å²) in [5.74, 6) is -0.956. The average molecular weight is 397 g/mol. The van der Waals surface area contributed by atoms with Crippen molar-refractivity contribution in [2.24, 2.45) is 0 Å². The van der Waals surface area contributed by atoms with E-state index in [0.717, 1.165) is 12.1 Å². The van der Waals surface area contributed by atoms with E-state index in [1.54, 1.807) is 6.07 Å². The molecular weight excluding hydrogens is 385 g/mol. The number of ether oxygens (including phenoxy) is 2. The lowest BCUT2D eigenvalue weighted by molar-refractivity contribution is -0.274. The van der Waals surface area contributed by atoms with Crippen molar-refractivity contribution in [3.05, 3.63) is 58.6 Å². The predicted molar refractivity (Wildman–Crippen MR) is 93.3 cm³/mol. The number of anilines is 1. The van der Waals surface area contributed by atoms with Gasteiger partial charge in [0.25, 0.3) is 5.91 Å². The number of halogens is 4. The van der Waals surface area contributed by atoms with Gasteiger partial charge >= 0.3 is 6.36 Å². The summed E-state index contributed by atoms with van der Waals surface area (Å²) < 4.78 is 46.3. The van der Waals surface area contributed by atoms with Crippen molar-refractivity contribution in [1.29, 1.82) is 5.26 Å².